The third kappa shape index (κ3) is 3.70. The van der Waals surface area contributed by atoms with Gasteiger partial charge in [0.05, 0.1) is 23.7 Å². The van der Waals surface area contributed by atoms with E-state index in [0.29, 0.717) is 5.92 Å². The third-order valence-electron chi connectivity index (χ3n) is 4.96. The normalized spacial score (nSPS) is 32.2. The highest BCUT2D eigenvalue weighted by molar-refractivity contribution is 7.91. The lowest BCUT2D eigenvalue weighted by molar-refractivity contribution is 0.0535. The second-order valence-electron chi connectivity index (χ2n) is 6.90. The standard InChI is InChI=1S/C17H25NO3S/c1-13-4-6-14(7-5-13)9-15-3-2-8-18(10-15)16-11-22(20,21)12-17(16)19/h4-7,15-17,19H,2-3,8-12H2,1H3/t15-,16+,17+/m0/s1. The lowest BCUT2D eigenvalue weighted by Gasteiger charge is -2.37. The summed E-state index contributed by atoms with van der Waals surface area (Å²) in [5.41, 5.74) is 2.62. The zero-order valence-corrected chi connectivity index (χ0v) is 13.9. The van der Waals surface area contributed by atoms with Crippen molar-refractivity contribution in [3.05, 3.63) is 35.4 Å². The number of benzene rings is 1. The van der Waals surface area contributed by atoms with Crippen LogP contribution < -0.4 is 0 Å². The molecule has 0 bridgehead atoms. The van der Waals surface area contributed by atoms with E-state index in [4.69, 9.17) is 0 Å². The van der Waals surface area contributed by atoms with Crippen molar-refractivity contribution in [3.63, 3.8) is 0 Å². The molecule has 3 rings (SSSR count). The predicted octanol–water partition coefficient (Wildman–Crippen LogP) is 1.41. The summed E-state index contributed by atoms with van der Waals surface area (Å²) in [6, 6.07) is 8.45. The lowest BCUT2D eigenvalue weighted by Crippen LogP contribution is -2.48. The largest absolute Gasteiger partial charge is 0.390 e. The number of aliphatic hydroxyl groups is 1. The van der Waals surface area contributed by atoms with Gasteiger partial charge in [-0.25, -0.2) is 8.42 Å². The van der Waals surface area contributed by atoms with Gasteiger partial charge in [0.25, 0.3) is 0 Å². The van der Waals surface area contributed by atoms with Gasteiger partial charge in [-0.2, -0.15) is 0 Å². The zero-order chi connectivity index (χ0) is 15.7. The number of aliphatic hydroxyl groups excluding tert-OH is 1. The number of sulfone groups is 1. The second kappa shape index (κ2) is 6.30. The topological polar surface area (TPSA) is 57.6 Å². The van der Waals surface area contributed by atoms with Gasteiger partial charge in [-0.15, -0.1) is 0 Å². The molecule has 2 saturated heterocycles. The van der Waals surface area contributed by atoms with Crippen molar-refractivity contribution in [2.45, 2.75) is 38.3 Å². The van der Waals surface area contributed by atoms with Crippen molar-refractivity contribution in [1.82, 2.24) is 4.90 Å². The SMILES string of the molecule is Cc1ccc(C[C@@H]2CCCN([C@@H]3CS(=O)(=O)C[C@H]3O)C2)cc1. The molecule has 0 aromatic heterocycles. The summed E-state index contributed by atoms with van der Waals surface area (Å²) < 4.78 is 23.4. The Morgan fingerprint density at radius 1 is 1.23 bits per heavy atom. The number of piperidine rings is 1. The second-order valence-corrected chi connectivity index (χ2v) is 9.06. The molecule has 2 heterocycles. The molecule has 22 heavy (non-hydrogen) atoms. The van der Waals surface area contributed by atoms with Crippen molar-refractivity contribution in [3.8, 4) is 0 Å². The molecular weight excluding hydrogens is 298 g/mol. The molecule has 2 fully saturated rings. The maximum atomic E-state index is 11.7. The number of likely N-dealkylation sites (tertiary alicyclic amines) is 1. The minimum atomic E-state index is -3.07. The quantitative estimate of drug-likeness (QED) is 0.914. The van der Waals surface area contributed by atoms with Crippen LogP contribution in [-0.4, -0.2) is 55.2 Å². The fourth-order valence-corrected chi connectivity index (χ4v) is 5.61. The van der Waals surface area contributed by atoms with E-state index >= 15 is 0 Å². The minimum Gasteiger partial charge on any atom is -0.390 e. The number of aryl methyl sites for hydroxylation is 1. The van der Waals surface area contributed by atoms with Crippen LogP contribution in [0.4, 0.5) is 0 Å². The molecule has 1 N–H and O–H groups in total. The van der Waals surface area contributed by atoms with Gasteiger partial charge >= 0.3 is 0 Å². The predicted molar refractivity (Wildman–Crippen MR) is 87.6 cm³/mol. The van der Waals surface area contributed by atoms with Crippen LogP contribution in [-0.2, 0) is 16.3 Å². The Balaban J connectivity index is 1.63. The average Bonchev–Trinajstić information content (AvgIpc) is 2.75. The molecule has 0 saturated carbocycles. The van der Waals surface area contributed by atoms with Gasteiger partial charge in [0.2, 0.25) is 0 Å². The van der Waals surface area contributed by atoms with Gasteiger partial charge in [0, 0.05) is 6.54 Å². The number of hydrogen-bond donors (Lipinski definition) is 1. The molecule has 1 aromatic rings. The van der Waals surface area contributed by atoms with Gasteiger partial charge in [-0.3, -0.25) is 4.90 Å². The van der Waals surface area contributed by atoms with Crippen molar-refractivity contribution in [2.24, 2.45) is 5.92 Å². The summed E-state index contributed by atoms with van der Waals surface area (Å²) in [5, 5.41) is 10.1. The Morgan fingerprint density at radius 2 is 1.95 bits per heavy atom. The number of hydrogen-bond acceptors (Lipinski definition) is 4. The number of rotatable bonds is 3. The van der Waals surface area contributed by atoms with Gasteiger partial charge in [-0.05, 0) is 44.2 Å². The Hall–Kier alpha value is -0.910. The highest BCUT2D eigenvalue weighted by atomic mass is 32.2. The van der Waals surface area contributed by atoms with E-state index in [0.717, 1.165) is 25.9 Å². The molecular formula is C17H25NO3S. The highest BCUT2D eigenvalue weighted by Crippen LogP contribution is 2.26. The molecule has 2 aliphatic heterocycles. The van der Waals surface area contributed by atoms with Crippen LogP contribution in [0.25, 0.3) is 0 Å². The first-order chi connectivity index (χ1) is 10.4. The fourth-order valence-electron chi connectivity index (χ4n) is 3.78. The van der Waals surface area contributed by atoms with E-state index in [-0.39, 0.29) is 17.5 Å². The fraction of sp³-hybridized carbons (Fsp3) is 0.647. The molecule has 0 amide bonds. The summed E-state index contributed by atoms with van der Waals surface area (Å²) in [5.74, 6) is 0.592. The van der Waals surface area contributed by atoms with E-state index in [9.17, 15) is 13.5 Å². The summed E-state index contributed by atoms with van der Waals surface area (Å²) in [6.07, 6.45) is 2.58. The monoisotopic (exact) mass is 323 g/mol. The van der Waals surface area contributed by atoms with E-state index in [1.54, 1.807) is 0 Å². The first-order valence-corrected chi connectivity index (χ1v) is 9.93. The van der Waals surface area contributed by atoms with E-state index < -0.39 is 15.9 Å². The van der Waals surface area contributed by atoms with E-state index in [2.05, 4.69) is 36.1 Å². The van der Waals surface area contributed by atoms with Crippen LogP contribution >= 0.6 is 0 Å². The van der Waals surface area contributed by atoms with Gasteiger partial charge in [0.15, 0.2) is 9.84 Å². The average molecular weight is 323 g/mol. The van der Waals surface area contributed by atoms with Crippen LogP contribution in [0.5, 0.6) is 0 Å². The Bertz CT molecular complexity index is 611. The summed E-state index contributed by atoms with van der Waals surface area (Å²) in [4.78, 5) is 2.21. The van der Waals surface area contributed by atoms with Crippen molar-refractivity contribution in [1.29, 1.82) is 0 Å². The summed E-state index contributed by atoms with van der Waals surface area (Å²) >= 11 is 0. The van der Waals surface area contributed by atoms with Gasteiger partial charge < -0.3 is 5.11 Å². The molecule has 122 valence electrons. The lowest BCUT2D eigenvalue weighted by atomic mass is 9.90. The molecule has 5 heteroatoms. The zero-order valence-electron chi connectivity index (χ0n) is 13.1. The first kappa shape index (κ1) is 16.0. The highest BCUT2D eigenvalue weighted by Gasteiger charge is 2.41. The maximum absolute atomic E-state index is 11.7. The minimum absolute atomic E-state index is 0.0726. The van der Waals surface area contributed by atoms with Crippen LogP contribution in [0, 0.1) is 12.8 Å². The number of nitrogens with zero attached hydrogens (tertiary/aromatic N) is 1. The molecule has 0 aliphatic carbocycles. The van der Waals surface area contributed by atoms with Gasteiger partial charge in [-0.1, -0.05) is 29.8 Å². The Labute approximate surface area is 133 Å². The van der Waals surface area contributed by atoms with Crippen LogP contribution in [0.2, 0.25) is 0 Å². The van der Waals surface area contributed by atoms with Gasteiger partial charge in [0.1, 0.15) is 0 Å². The van der Waals surface area contributed by atoms with Crippen molar-refractivity contribution in [2.75, 3.05) is 24.6 Å². The Kier molecular flexibility index (Phi) is 4.57. The molecule has 1 aromatic carbocycles. The van der Waals surface area contributed by atoms with Crippen LogP contribution in [0.3, 0.4) is 0 Å². The Morgan fingerprint density at radius 3 is 2.59 bits per heavy atom. The summed E-state index contributed by atoms with van der Waals surface area (Å²) in [7, 11) is -3.07. The third-order valence-corrected chi connectivity index (χ3v) is 6.66. The molecule has 0 radical (unpaired) electrons. The molecule has 3 atom stereocenters. The van der Waals surface area contributed by atoms with E-state index in [1.807, 2.05) is 0 Å². The van der Waals surface area contributed by atoms with Crippen LogP contribution in [0.1, 0.15) is 24.0 Å². The smallest absolute Gasteiger partial charge is 0.154 e. The summed E-state index contributed by atoms with van der Waals surface area (Å²) in [6.45, 7) is 3.89. The van der Waals surface area contributed by atoms with Crippen LogP contribution in [0.15, 0.2) is 24.3 Å². The first-order valence-electron chi connectivity index (χ1n) is 8.11. The molecule has 4 nitrogen and oxygen atoms in total. The molecule has 0 unspecified atom stereocenters. The maximum Gasteiger partial charge on any atom is 0.154 e. The van der Waals surface area contributed by atoms with Crippen molar-refractivity contribution >= 4 is 9.84 Å². The van der Waals surface area contributed by atoms with Crippen molar-refractivity contribution < 1.29 is 13.5 Å². The molecule has 2 aliphatic rings. The molecule has 0 spiro atoms. The van der Waals surface area contributed by atoms with E-state index in [1.165, 1.54) is 17.5 Å².